The molecule has 1 fully saturated rings. The molecule has 0 bridgehead atoms. The van der Waals surface area contributed by atoms with E-state index in [1.807, 2.05) is 30.3 Å². The zero-order valence-corrected chi connectivity index (χ0v) is 13.3. The summed E-state index contributed by atoms with van der Waals surface area (Å²) in [5.41, 5.74) is 0.632. The second-order valence-electron chi connectivity index (χ2n) is 5.12. The average molecular weight is 353 g/mol. The first-order valence-corrected chi connectivity index (χ1v) is 7.61. The summed E-state index contributed by atoms with van der Waals surface area (Å²) in [6, 6.07) is 10.4. The highest BCUT2D eigenvalue weighted by Gasteiger charge is 2.29. The van der Waals surface area contributed by atoms with E-state index < -0.39 is 23.1 Å². The molecule has 1 heterocycles. The van der Waals surface area contributed by atoms with Gasteiger partial charge in [0.25, 0.3) is 0 Å². The van der Waals surface area contributed by atoms with Gasteiger partial charge in [-0.25, -0.2) is 9.18 Å². The van der Waals surface area contributed by atoms with Crippen LogP contribution in [0.15, 0.2) is 36.4 Å². The maximum atomic E-state index is 14.6. The highest BCUT2D eigenvalue weighted by atomic mass is 35.5. The molecule has 24 heavy (non-hydrogen) atoms. The van der Waals surface area contributed by atoms with Crippen molar-refractivity contribution in [2.45, 2.75) is 12.9 Å². The Bertz CT molecular complexity index is 744. The summed E-state index contributed by atoms with van der Waals surface area (Å²) in [5.74, 6) is -2.45. The predicted octanol–water partition coefficient (Wildman–Crippen LogP) is 3.80. The Hall–Kier alpha value is -2.15. The van der Waals surface area contributed by atoms with E-state index in [0.717, 1.165) is 5.56 Å². The van der Waals surface area contributed by atoms with Crippen LogP contribution >= 0.6 is 11.6 Å². The van der Waals surface area contributed by atoms with Crippen molar-refractivity contribution in [1.29, 1.82) is 0 Å². The molecule has 3 rings (SSSR count). The Labute approximate surface area is 142 Å². The smallest absolute Gasteiger partial charge is 0.337 e. The van der Waals surface area contributed by atoms with Crippen LogP contribution in [0.1, 0.15) is 27.8 Å². The van der Waals surface area contributed by atoms with Crippen LogP contribution < -0.4 is 4.74 Å². The summed E-state index contributed by atoms with van der Waals surface area (Å²) in [6.07, 6.45) is -0.888. The third-order valence-corrected chi connectivity index (χ3v) is 3.89. The minimum atomic E-state index is -1.34. The summed E-state index contributed by atoms with van der Waals surface area (Å²) >= 11 is 5.84. The Balaban J connectivity index is 1.98. The Kier molecular flexibility index (Phi) is 4.99. The van der Waals surface area contributed by atoms with E-state index in [1.54, 1.807) is 0 Å². The lowest BCUT2D eigenvalue weighted by molar-refractivity contribution is -0.0462. The summed E-state index contributed by atoms with van der Waals surface area (Å²) in [7, 11) is 0. The molecule has 2 aromatic rings. The van der Waals surface area contributed by atoms with Crippen molar-refractivity contribution in [1.82, 2.24) is 0 Å². The quantitative estimate of drug-likeness (QED) is 0.886. The number of carboxylic acids is 1. The third-order valence-electron chi connectivity index (χ3n) is 3.52. The molecule has 0 amide bonds. The van der Waals surface area contributed by atoms with Gasteiger partial charge in [0.1, 0.15) is 6.61 Å². The largest absolute Gasteiger partial charge is 0.485 e. The lowest BCUT2D eigenvalue weighted by Gasteiger charge is -2.18. The maximum Gasteiger partial charge on any atom is 0.337 e. The number of carbonyl (C=O) groups is 1. The molecule has 7 heteroatoms. The molecular weight excluding hydrogens is 339 g/mol. The van der Waals surface area contributed by atoms with Crippen molar-refractivity contribution in [3.05, 3.63) is 63.9 Å². The molecule has 1 aliphatic heterocycles. The molecule has 126 valence electrons. The van der Waals surface area contributed by atoms with E-state index >= 15 is 0 Å². The summed E-state index contributed by atoms with van der Waals surface area (Å²) < 4.78 is 30.9. The van der Waals surface area contributed by atoms with Crippen molar-refractivity contribution in [3.8, 4) is 5.75 Å². The van der Waals surface area contributed by atoms with Crippen LogP contribution in [-0.4, -0.2) is 24.3 Å². The molecule has 1 aliphatic rings. The monoisotopic (exact) mass is 352 g/mol. The maximum absolute atomic E-state index is 14.6. The molecule has 0 spiro atoms. The predicted molar refractivity (Wildman–Crippen MR) is 83.8 cm³/mol. The topological polar surface area (TPSA) is 65.0 Å². The van der Waals surface area contributed by atoms with Crippen LogP contribution in [-0.2, 0) is 16.1 Å². The lowest BCUT2D eigenvalue weighted by Crippen LogP contribution is -2.10. The fourth-order valence-electron chi connectivity index (χ4n) is 2.37. The van der Waals surface area contributed by atoms with Gasteiger partial charge in [-0.15, -0.1) is 0 Å². The summed E-state index contributed by atoms with van der Waals surface area (Å²) in [6.45, 7) is 0.755. The second kappa shape index (κ2) is 7.17. The van der Waals surface area contributed by atoms with Gasteiger partial charge in [-0.2, -0.15) is 0 Å². The molecule has 0 saturated carbocycles. The van der Waals surface area contributed by atoms with E-state index in [0.29, 0.717) is 13.2 Å². The highest BCUT2D eigenvalue weighted by Crippen LogP contribution is 2.39. The summed E-state index contributed by atoms with van der Waals surface area (Å²) in [4.78, 5) is 11.3. The molecule has 0 radical (unpaired) electrons. The van der Waals surface area contributed by atoms with Gasteiger partial charge in [-0.3, -0.25) is 0 Å². The zero-order chi connectivity index (χ0) is 17.1. The van der Waals surface area contributed by atoms with E-state index in [2.05, 4.69) is 0 Å². The molecular formula is C17H14ClFO5. The van der Waals surface area contributed by atoms with Crippen molar-refractivity contribution >= 4 is 17.6 Å². The number of hydrogen-bond acceptors (Lipinski definition) is 4. The van der Waals surface area contributed by atoms with E-state index in [1.165, 1.54) is 6.07 Å². The molecule has 0 aliphatic carbocycles. The number of ether oxygens (including phenoxy) is 3. The van der Waals surface area contributed by atoms with Gasteiger partial charge in [0.2, 0.25) is 0 Å². The highest BCUT2D eigenvalue weighted by molar-refractivity contribution is 6.33. The number of hydrogen-bond donors (Lipinski definition) is 1. The van der Waals surface area contributed by atoms with Crippen molar-refractivity contribution in [2.75, 3.05) is 13.2 Å². The number of benzene rings is 2. The molecule has 0 aromatic heterocycles. The molecule has 1 saturated heterocycles. The van der Waals surface area contributed by atoms with Crippen molar-refractivity contribution < 1.29 is 28.5 Å². The first-order valence-electron chi connectivity index (χ1n) is 7.23. The van der Waals surface area contributed by atoms with Gasteiger partial charge in [0, 0.05) is 0 Å². The average Bonchev–Trinajstić information content (AvgIpc) is 3.11. The fraction of sp³-hybridized carbons (Fsp3) is 0.235. The van der Waals surface area contributed by atoms with Crippen LogP contribution in [0.5, 0.6) is 5.75 Å². The molecule has 2 aromatic carbocycles. The number of halogens is 2. The van der Waals surface area contributed by atoms with Gasteiger partial charge in [-0.05, 0) is 11.6 Å². The normalized spacial score (nSPS) is 14.8. The third kappa shape index (κ3) is 3.36. The first kappa shape index (κ1) is 16.7. The van der Waals surface area contributed by atoms with Gasteiger partial charge >= 0.3 is 5.97 Å². The molecule has 5 nitrogen and oxygen atoms in total. The van der Waals surface area contributed by atoms with Crippen LogP contribution in [0.25, 0.3) is 0 Å². The number of aromatic carboxylic acids is 1. The minimum absolute atomic E-state index is 0.0974. The van der Waals surface area contributed by atoms with Crippen LogP contribution in [0.2, 0.25) is 5.02 Å². The van der Waals surface area contributed by atoms with Gasteiger partial charge < -0.3 is 19.3 Å². The number of rotatable bonds is 5. The van der Waals surface area contributed by atoms with E-state index in [4.69, 9.17) is 25.8 Å². The Morgan fingerprint density at radius 1 is 1.29 bits per heavy atom. The van der Waals surface area contributed by atoms with Gasteiger partial charge in [-0.1, -0.05) is 41.9 Å². The molecule has 0 atom stereocenters. The van der Waals surface area contributed by atoms with Crippen molar-refractivity contribution in [2.24, 2.45) is 0 Å². The summed E-state index contributed by atoms with van der Waals surface area (Å²) in [5, 5.41) is 8.68. The van der Waals surface area contributed by atoms with Crippen LogP contribution in [0, 0.1) is 5.82 Å². The van der Waals surface area contributed by atoms with Crippen LogP contribution in [0.4, 0.5) is 4.39 Å². The van der Waals surface area contributed by atoms with E-state index in [-0.39, 0.29) is 23.5 Å². The van der Waals surface area contributed by atoms with Gasteiger partial charge in [0.15, 0.2) is 17.9 Å². The second-order valence-corrected chi connectivity index (χ2v) is 5.50. The Morgan fingerprint density at radius 2 is 1.96 bits per heavy atom. The van der Waals surface area contributed by atoms with E-state index in [9.17, 15) is 14.3 Å². The minimum Gasteiger partial charge on any atom is -0.485 e. The lowest BCUT2D eigenvalue weighted by atomic mass is 10.1. The number of carboxylic acid groups (broad SMARTS) is 1. The van der Waals surface area contributed by atoms with Crippen LogP contribution in [0.3, 0.4) is 0 Å². The Morgan fingerprint density at radius 3 is 2.58 bits per heavy atom. The van der Waals surface area contributed by atoms with Crippen molar-refractivity contribution in [3.63, 3.8) is 0 Å². The first-order chi connectivity index (χ1) is 11.6. The fourth-order valence-corrected chi connectivity index (χ4v) is 2.60. The SMILES string of the molecule is O=C(O)c1cc(C2OCCO2)c(OCc2ccccc2)c(F)c1Cl. The zero-order valence-electron chi connectivity index (χ0n) is 12.5. The molecule has 1 N–H and O–H groups in total. The molecule has 0 unspecified atom stereocenters. The van der Waals surface area contributed by atoms with Gasteiger partial charge in [0.05, 0.1) is 29.4 Å². The standard InChI is InChI=1S/C17H14ClFO5/c18-13-11(16(20)21)8-12(17-22-6-7-23-17)15(14(13)19)24-9-10-4-2-1-3-5-10/h1-5,8,17H,6-7,9H2,(H,20,21).